The van der Waals surface area contributed by atoms with E-state index in [2.05, 4.69) is 0 Å². The molecule has 3 nitrogen and oxygen atoms in total. The van der Waals surface area contributed by atoms with Gasteiger partial charge in [0.1, 0.15) is 0 Å². The summed E-state index contributed by atoms with van der Waals surface area (Å²) in [4.78, 5) is 0. The highest BCUT2D eigenvalue weighted by atomic mass is 35.5. The number of hydrogen-bond donors (Lipinski definition) is 1. The van der Waals surface area contributed by atoms with E-state index in [1.807, 2.05) is 6.92 Å². The van der Waals surface area contributed by atoms with Crippen molar-refractivity contribution in [3.8, 4) is 11.5 Å². The summed E-state index contributed by atoms with van der Waals surface area (Å²) in [5, 5.41) is 9.46. The topological polar surface area (TPSA) is 38.7 Å². The lowest BCUT2D eigenvalue weighted by Crippen LogP contribution is -1.99. The van der Waals surface area contributed by atoms with Crippen molar-refractivity contribution in [1.82, 2.24) is 0 Å². The molecule has 0 amide bonds. The summed E-state index contributed by atoms with van der Waals surface area (Å²) in [7, 11) is 1.55. The Balaban J connectivity index is 3.01. The largest absolute Gasteiger partial charge is 0.493 e. The van der Waals surface area contributed by atoms with E-state index in [4.69, 9.17) is 26.2 Å². The van der Waals surface area contributed by atoms with E-state index >= 15 is 0 Å². The van der Waals surface area contributed by atoms with Crippen LogP contribution in [0.3, 0.4) is 0 Å². The zero-order valence-corrected chi connectivity index (χ0v) is 9.67. The molecule has 1 aromatic rings. The number of halogens is 1. The first-order valence-electron chi connectivity index (χ1n) is 4.83. The van der Waals surface area contributed by atoms with Gasteiger partial charge >= 0.3 is 0 Å². The summed E-state index contributed by atoms with van der Waals surface area (Å²) in [6.45, 7) is 2.54. The Labute approximate surface area is 94.6 Å². The Morgan fingerprint density at radius 2 is 2.13 bits per heavy atom. The van der Waals surface area contributed by atoms with Crippen molar-refractivity contribution in [2.24, 2.45) is 0 Å². The zero-order valence-electron chi connectivity index (χ0n) is 8.92. The van der Waals surface area contributed by atoms with Crippen molar-refractivity contribution in [3.05, 3.63) is 22.7 Å². The minimum Gasteiger partial charge on any atom is -0.493 e. The molecule has 0 aliphatic rings. The number of methoxy groups -OCH3 is 1. The van der Waals surface area contributed by atoms with E-state index in [0.717, 1.165) is 6.42 Å². The number of ether oxygens (including phenoxy) is 2. The average Bonchev–Trinajstić information content (AvgIpc) is 2.26. The van der Waals surface area contributed by atoms with Crippen LogP contribution in [0.25, 0.3) is 0 Å². The first-order valence-corrected chi connectivity index (χ1v) is 5.20. The monoisotopic (exact) mass is 230 g/mol. The third-order valence-electron chi connectivity index (χ3n) is 1.92. The summed E-state index contributed by atoms with van der Waals surface area (Å²) in [6.07, 6.45) is 0.904. The first-order chi connectivity index (χ1) is 7.22. The summed E-state index contributed by atoms with van der Waals surface area (Å²) in [6, 6.07) is 3.39. The van der Waals surface area contributed by atoms with E-state index in [-0.39, 0.29) is 6.61 Å². The van der Waals surface area contributed by atoms with Crippen LogP contribution in [0.15, 0.2) is 12.1 Å². The van der Waals surface area contributed by atoms with Gasteiger partial charge in [0.15, 0.2) is 11.5 Å². The van der Waals surface area contributed by atoms with Gasteiger partial charge in [-0.05, 0) is 24.1 Å². The van der Waals surface area contributed by atoms with Crippen LogP contribution in [0.1, 0.15) is 18.9 Å². The molecule has 0 aliphatic carbocycles. The SMILES string of the molecule is CCCOc1c(Cl)cc(CO)cc1OC. The Morgan fingerprint density at radius 3 is 2.67 bits per heavy atom. The van der Waals surface area contributed by atoms with Crippen molar-refractivity contribution in [2.75, 3.05) is 13.7 Å². The van der Waals surface area contributed by atoms with Crippen LogP contribution in [0.2, 0.25) is 5.02 Å². The zero-order chi connectivity index (χ0) is 11.3. The van der Waals surface area contributed by atoms with Crippen LogP contribution in [-0.2, 0) is 6.61 Å². The fourth-order valence-electron chi connectivity index (χ4n) is 1.21. The van der Waals surface area contributed by atoms with Crippen LogP contribution in [0.5, 0.6) is 11.5 Å². The fourth-order valence-corrected chi connectivity index (χ4v) is 1.50. The standard InChI is InChI=1S/C11H15ClO3/c1-3-4-15-11-9(12)5-8(7-13)6-10(11)14-2/h5-6,13H,3-4,7H2,1-2H3. The molecule has 0 heterocycles. The van der Waals surface area contributed by atoms with Crippen LogP contribution in [-0.4, -0.2) is 18.8 Å². The molecule has 4 heteroatoms. The normalized spacial score (nSPS) is 10.1. The molecule has 1 aromatic carbocycles. The third-order valence-corrected chi connectivity index (χ3v) is 2.20. The van der Waals surface area contributed by atoms with Gasteiger partial charge in [0.2, 0.25) is 0 Å². The summed E-state index contributed by atoms with van der Waals surface area (Å²) < 4.78 is 10.6. The molecule has 0 bridgehead atoms. The molecule has 0 spiro atoms. The minimum absolute atomic E-state index is 0.0653. The molecule has 0 atom stereocenters. The summed E-state index contributed by atoms with van der Waals surface area (Å²) in [5.41, 5.74) is 0.709. The molecule has 0 aromatic heterocycles. The molecule has 0 aliphatic heterocycles. The number of benzene rings is 1. The molecule has 84 valence electrons. The van der Waals surface area contributed by atoms with Gasteiger partial charge in [-0.2, -0.15) is 0 Å². The highest BCUT2D eigenvalue weighted by Gasteiger charge is 2.11. The second kappa shape index (κ2) is 5.83. The molecule has 1 N–H and O–H groups in total. The highest BCUT2D eigenvalue weighted by Crippen LogP contribution is 2.36. The van der Waals surface area contributed by atoms with Gasteiger partial charge in [-0.25, -0.2) is 0 Å². The summed E-state index contributed by atoms with van der Waals surface area (Å²) >= 11 is 6.01. The van der Waals surface area contributed by atoms with Gasteiger partial charge in [-0.15, -0.1) is 0 Å². The second-order valence-corrected chi connectivity index (χ2v) is 3.52. The van der Waals surface area contributed by atoms with Gasteiger partial charge < -0.3 is 14.6 Å². The molecule has 0 saturated heterocycles. The number of rotatable bonds is 5. The van der Waals surface area contributed by atoms with Gasteiger partial charge in [-0.3, -0.25) is 0 Å². The van der Waals surface area contributed by atoms with E-state index < -0.39 is 0 Å². The van der Waals surface area contributed by atoms with Crippen molar-refractivity contribution >= 4 is 11.6 Å². The maximum Gasteiger partial charge on any atom is 0.179 e. The Hall–Kier alpha value is -0.930. The third kappa shape index (κ3) is 3.01. The predicted octanol–water partition coefficient (Wildman–Crippen LogP) is 2.63. The van der Waals surface area contributed by atoms with Crippen molar-refractivity contribution in [2.45, 2.75) is 20.0 Å². The Morgan fingerprint density at radius 1 is 1.40 bits per heavy atom. The maximum atomic E-state index is 8.99. The molecule has 0 saturated carbocycles. The lowest BCUT2D eigenvalue weighted by molar-refractivity contribution is 0.277. The van der Waals surface area contributed by atoms with E-state index in [9.17, 15) is 0 Å². The van der Waals surface area contributed by atoms with Crippen LogP contribution in [0, 0.1) is 0 Å². The highest BCUT2D eigenvalue weighted by molar-refractivity contribution is 6.32. The summed E-state index contributed by atoms with van der Waals surface area (Å²) in [5.74, 6) is 1.10. The molecule has 0 fully saturated rings. The Kier molecular flexibility index (Phi) is 4.72. The second-order valence-electron chi connectivity index (χ2n) is 3.12. The van der Waals surface area contributed by atoms with Gasteiger partial charge in [0.05, 0.1) is 25.3 Å². The molecular formula is C11H15ClO3. The van der Waals surface area contributed by atoms with E-state index in [1.165, 1.54) is 0 Å². The van der Waals surface area contributed by atoms with Crippen molar-refractivity contribution in [3.63, 3.8) is 0 Å². The van der Waals surface area contributed by atoms with Gasteiger partial charge in [0.25, 0.3) is 0 Å². The lowest BCUT2D eigenvalue weighted by Gasteiger charge is -2.12. The van der Waals surface area contributed by atoms with Gasteiger partial charge in [0, 0.05) is 0 Å². The van der Waals surface area contributed by atoms with Crippen LogP contribution in [0.4, 0.5) is 0 Å². The maximum absolute atomic E-state index is 8.99. The minimum atomic E-state index is -0.0653. The average molecular weight is 231 g/mol. The number of aliphatic hydroxyl groups excluding tert-OH is 1. The fraction of sp³-hybridized carbons (Fsp3) is 0.455. The van der Waals surface area contributed by atoms with E-state index in [1.54, 1.807) is 19.2 Å². The predicted molar refractivity (Wildman–Crippen MR) is 59.7 cm³/mol. The van der Waals surface area contributed by atoms with Crippen LogP contribution < -0.4 is 9.47 Å². The van der Waals surface area contributed by atoms with Crippen molar-refractivity contribution < 1.29 is 14.6 Å². The van der Waals surface area contributed by atoms with Gasteiger partial charge in [-0.1, -0.05) is 18.5 Å². The molecule has 15 heavy (non-hydrogen) atoms. The van der Waals surface area contributed by atoms with Crippen LogP contribution >= 0.6 is 11.6 Å². The lowest BCUT2D eigenvalue weighted by atomic mass is 10.2. The van der Waals surface area contributed by atoms with E-state index in [0.29, 0.717) is 28.7 Å². The number of hydrogen-bond acceptors (Lipinski definition) is 3. The first kappa shape index (κ1) is 12.1. The smallest absolute Gasteiger partial charge is 0.179 e. The number of aliphatic hydroxyl groups is 1. The Bertz CT molecular complexity index is 326. The molecule has 0 unspecified atom stereocenters. The van der Waals surface area contributed by atoms with Crippen molar-refractivity contribution in [1.29, 1.82) is 0 Å². The molecular weight excluding hydrogens is 216 g/mol. The molecule has 1 rings (SSSR count). The quantitative estimate of drug-likeness (QED) is 0.845. The molecule has 0 radical (unpaired) electrons.